The molecule has 2 aromatic carbocycles. The Hall–Kier alpha value is -2.47. The van der Waals surface area contributed by atoms with Crippen LogP contribution in [0.25, 0.3) is 10.9 Å². The molecule has 1 atom stereocenters. The van der Waals surface area contributed by atoms with Gasteiger partial charge in [-0.3, -0.25) is 0 Å². The largest absolute Gasteiger partial charge is 0.353 e. The Bertz CT molecular complexity index is 1050. The molecule has 0 saturated carbocycles. The molecule has 6 heteroatoms. The summed E-state index contributed by atoms with van der Waals surface area (Å²) in [4.78, 5) is 11.5. The van der Waals surface area contributed by atoms with Gasteiger partial charge in [0.1, 0.15) is 12.1 Å². The fourth-order valence-corrected chi connectivity index (χ4v) is 4.52. The summed E-state index contributed by atoms with van der Waals surface area (Å²) in [6.45, 7) is 0.939. The van der Waals surface area contributed by atoms with Gasteiger partial charge in [0.05, 0.1) is 10.4 Å². The van der Waals surface area contributed by atoms with Crippen LogP contribution in [0.1, 0.15) is 24.8 Å². The number of hydrogen-bond acceptors (Lipinski definition) is 5. The first-order valence-electron chi connectivity index (χ1n) is 9.28. The van der Waals surface area contributed by atoms with E-state index in [9.17, 15) is 8.42 Å². The lowest BCUT2D eigenvalue weighted by molar-refractivity contribution is 0.602. The molecule has 5 nitrogen and oxygen atoms in total. The molecule has 0 aliphatic carbocycles. The van der Waals surface area contributed by atoms with Crippen molar-refractivity contribution in [2.75, 3.05) is 17.7 Å². The van der Waals surface area contributed by atoms with E-state index in [1.54, 1.807) is 24.5 Å². The van der Waals surface area contributed by atoms with Crippen LogP contribution in [0.4, 0.5) is 5.82 Å². The van der Waals surface area contributed by atoms with Gasteiger partial charge in [0, 0.05) is 24.2 Å². The third-order valence-corrected chi connectivity index (χ3v) is 6.38. The van der Waals surface area contributed by atoms with Crippen molar-refractivity contribution >= 4 is 26.6 Å². The molecule has 0 amide bonds. The molecule has 0 spiro atoms. The molecule has 27 heavy (non-hydrogen) atoms. The monoisotopic (exact) mass is 381 g/mol. The molecule has 1 saturated heterocycles. The number of aryl methyl sites for hydroxylation is 1. The summed E-state index contributed by atoms with van der Waals surface area (Å²) < 4.78 is 24.0. The molecule has 1 aliphatic rings. The van der Waals surface area contributed by atoms with E-state index in [1.807, 2.05) is 6.07 Å². The summed E-state index contributed by atoms with van der Waals surface area (Å²) in [5, 5.41) is 0.812. The number of anilines is 1. The Morgan fingerprint density at radius 3 is 2.70 bits per heavy atom. The summed E-state index contributed by atoms with van der Waals surface area (Å²) in [7, 11) is -3.27. The van der Waals surface area contributed by atoms with Crippen molar-refractivity contribution in [3.8, 4) is 0 Å². The predicted octanol–water partition coefficient (Wildman–Crippen LogP) is 3.63. The minimum atomic E-state index is -3.27. The van der Waals surface area contributed by atoms with Crippen LogP contribution in [-0.2, 0) is 16.3 Å². The number of aromatic nitrogens is 2. The number of rotatable bonds is 5. The van der Waals surface area contributed by atoms with Gasteiger partial charge in [0.25, 0.3) is 0 Å². The van der Waals surface area contributed by atoms with Crippen LogP contribution in [0.5, 0.6) is 0 Å². The van der Waals surface area contributed by atoms with E-state index in [-0.39, 0.29) is 0 Å². The maximum atomic E-state index is 12.0. The van der Waals surface area contributed by atoms with E-state index >= 15 is 0 Å². The van der Waals surface area contributed by atoms with Gasteiger partial charge in [-0.25, -0.2) is 18.4 Å². The highest BCUT2D eigenvalue weighted by atomic mass is 32.2. The maximum absolute atomic E-state index is 12.0. The molecule has 140 valence electrons. The fraction of sp³-hybridized carbons (Fsp3) is 0.333. The third kappa shape index (κ3) is 3.81. The number of fused-ring (bicyclic) bond motifs is 1. The quantitative estimate of drug-likeness (QED) is 0.675. The van der Waals surface area contributed by atoms with Gasteiger partial charge < -0.3 is 4.90 Å². The average molecular weight is 382 g/mol. The van der Waals surface area contributed by atoms with Crippen molar-refractivity contribution in [1.29, 1.82) is 0 Å². The predicted molar refractivity (Wildman–Crippen MR) is 108 cm³/mol. The van der Waals surface area contributed by atoms with Crippen molar-refractivity contribution in [3.63, 3.8) is 0 Å². The van der Waals surface area contributed by atoms with E-state index in [4.69, 9.17) is 0 Å². The van der Waals surface area contributed by atoms with Gasteiger partial charge in [0.2, 0.25) is 0 Å². The van der Waals surface area contributed by atoms with Crippen LogP contribution in [0.3, 0.4) is 0 Å². The first kappa shape index (κ1) is 17.9. The van der Waals surface area contributed by atoms with Gasteiger partial charge in [-0.2, -0.15) is 0 Å². The minimum Gasteiger partial charge on any atom is -0.353 e. The minimum absolute atomic E-state index is 0.311. The summed E-state index contributed by atoms with van der Waals surface area (Å²) >= 11 is 0. The van der Waals surface area contributed by atoms with Crippen molar-refractivity contribution in [1.82, 2.24) is 9.97 Å². The standard InChI is InChI=1S/C21H23N3O2S/c1-27(25,26)18-11-12-20-19(14-18)21(23-15-22-20)24-13-5-8-17(24)10-9-16-6-3-2-4-7-16/h2-4,6-7,11-12,14-15,17H,5,8-10,13H2,1H3. The van der Waals surface area contributed by atoms with Gasteiger partial charge in [-0.15, -0.1) is 0 Å². The smallest absolute Gasteiger partial charge is 0.175 e. The van der Waals surface area contributed by atoms with Crippen LogP contribution in [0.2, 0.25) is 0 Å². The van der Waals surface area contributed by atoms with Crippen LogP contribution < -0.4 is 4.90 Å². The molecule has 1 aliphatic heterocycles. The second-order valence-corrected chi connectivity index (χ2v) is 9.18. The van der Waals surface area contributed by atoms with Crippen molar-refractivity contribution in [2.45, 2.75) is 36.6 Å². The lowest BCUT2D eigenvalue weighted by Crippen LogP contribution is -2.30. The van der Waals surface area contributed by atoms with Crippen LogP contribution in [0, 0.1) is 0 Å². The van der Waals surface area contributed by atoms with E-state index in [0.29, 0.717) is 10.9 Å². The van der Waals surface area contributed by atoms with Gasteiger partial charge in [-0.05, 0) is 49.4 Å². The van der Waals surface area contributed by atoms with Crippen molar-refractivity contribution < 1.29 is 8.42 Å². The first-order chi connectivity index (χ1) is 13.0. The number of sulfone groups is 1. The number of nitrogens with zero attached hydrogens (tertiary/aromatic N) is 3. The lowest BCUT2D eigenvalue weighted by atomic mass is 10.0. The molecule has 0 bridgehead atoms. The Morgan fingerprint density at radius 1 is 1.11 bits per heavy atom. The normalized spacial score (nSPS) is 17.5. The van der Waals surface area contributed by atoms with Gasteiger partial charge in [0.15, 0.2) is 9.84 Å². The lowest BCUT2D eigenvalue weighted by Gasteiger charge is -2.27. The third-order valence-electron chi connectivity index (χ3n) is 5.27. The van der Waals surface area contributed by atoms with Gasteiger partial charge in [-0.1, -0.05) is 30.3 Å². The Kier molecular flexibility index (Phi) is 4.83. The maximum Gasteiger partial charge on any atom is 0.175 e. The van der Waals surface area contributed by atoms with Crippen LogP contribution in [-0.4, -0.2) is 37.2 Å². The highest BCUT2D eigenvalue weighted by Gasteiger charge is 2.27. The van der Waals surface area contributed by atoms with E-state index in [1.165, 1.54) is 11.8 Å². The average Bonchev–Trinajstić information content (AvgIpc) is 3.14. The second kappa shape index (κ2) is 7.27. The van der Waals surface area contributed by atoms with E-state index < -0.39 is 9.84 Å². The molecular formula is C21H23N3O2S. The Morgan fingerprint density at radius 2 is 1.93 bits per heavy atom. The highest BCUT2D eigenvalue weighted by molar-refractivity contribution is 7.90. The molecule has 1 fully saturated rings. The summed E-state index contributed by atoms with van der Waals surface area (Å²) in [6, 6.07) is 16.0. The Balaban J connectivity index is 1.65. The molecular weight excluding hydrogens is 358 g/mol. The first-order valence-corrected chi connectivity index (χ1v) is 11.2. The van der Waals surface area contributed by atoms with E-state index in [0.717, 1.165) is 48.9 Å². The molecule has 3 aromatic rings. The molecule has 1 aromatic heterocycles. The van der Waals surface area contributed by atoms with Crippen molar-refractivity contribution in [3.05, 3.63) is 60.4 Å². The van der Waals surface area contributed by atoms with Crippen molar-refractivity contribution in [2.24, 2.45) is 0 Å². The summed E-state index contributed by atoms with van der Waals surface area (Å²) in [5.41, 5.74) is 2.12. The summed E-state index contributed by atoms with van der Waals surface area (Å²) in [5.74, 6) is 0.848. The van der Waals surface area contributed by atoms with Crippen LogP contribution in [0.15, 0.2) is 59.8 Å². The molecule has 0 N–H and O–H groups in total. The molecule has 0 radical (unpaired) electrons. The highest BCUT2D eigenvalue weighted by Crippen LogP contribution is 2.32. The van der Waals surface area contributed by atoms with Crippen LogP contribution >= 0.6 is 0 Å². The Labute approximate surface area is 160 Å². The number of hydrogen-bond donors (Lipinski definition) is 0. The zero-order chi connectivity index (χ0) is 18.9. The topological polar surface area (TPSA) is 63.2 Å². The zero-order valence-electron chi connectivity index (χ0n) is 15.4. The molecule has 1 unspecified atom stereocenters. The fourth-order valence-electron chi connectivity index (χ4n) is 3.87. The zero-order valence-corrected chi connectivity index (χ0v) is 16.2. The summed E-state index contributed by atoms with van der Waals surface area (Å²) in [6.07, 6.45) is 7.14. The van der Waals surface area contributed by atoms with E-state index in [2.05, 4.69) is 39.1 Å². The van der Waals surface area contributed by atoms with Gasteiger partial charge >= 0.3 is 0 Å². The molecule has 2 heterocycles. The SMILES string of the molecule is CS(=O)(=O)c1ccc2ncnc(N3CCCC3CCc3ccccc3)c2c1. The number of benzene rings is 2. The molecule has 4 rings (SSSR count). The second-order valence-electron chi connectivity index (χ2n) is 7.16.